The molecule has 0 aliphatic heterocycles. The van der Waals surface area contributed by atoms with Gasteiger partial charge in [-0.15, -0.1) is 0 Å². The minimum absolute atomic E-state index is 0.103. The van der Waals surface area contributed by atoms with Crippen molar-refractivity contribution in [2.45, 2.75) is 125 Å². The summed E-state index contributed by atoms with van der Waals surface area (Å²) < 4.78 is 13.7. The molecule has 0 spiro atoms. The van der Waals surface area contributed by atoms with E-state index >= 15 is 0 Å². The summed E-state index contributed by atoms with van der Waals surface area (Å²) in [4.78, 5) is 0. The van der Waals surface area contributed by atoms with E-state index in [-0.39, 0.29) is 22.7 Å². The second kappa shape index (κ2) is 11.4. The molecule has 3 nitrogen and oxygen atoms in total. The Hall–Kier alpha value is -0.366. The monoisotopic (exact) mass is 508 g/mol. The molecule has 1 unspecified atom stereocenters. The summed E-state index contributed by atoms with van der Waals surface area (Å²) in [6.07, 6.45) is 8.71. The summed E-state index contributed by atoms with van der Waals surface area (Å²) in [6.45, 7) is 29.8. The number of fused-ring (bicyclic) bond motifs is 1. The molecule has 0 aromatic heterocycles. The minimum Gasteiger partial charge on any atom is -0.550 e. The fourth-order valence-electron chi connectivity index (χ4n) is 6.52. The number of unbranched alkanes of at least 4 members (excludes halogenated alkanes) is 2. The van der Waals surface area contributed by atoms with Gasteiger partial charge in [0.1, 0.15) is 6.10 Å². The lowest BCUT2D eigenvalue weighted by atomic mass is 9.70. The van der Waals surface area contributed by atoms with Crippen molar-refractivity contribution < 1.29 is 14.0 Å². The highest BCUT2D eigenvalue weighted by molar-refractivity contribution is 6.49. The minimum atomic E-state index is -1.37. The topological polar surface area (TPSA) is 38.7 Å². The molecule has 2 saturated carbocycles. The first kappa shape index (κ1) is 29.9. The molecule has 5 heteroatoms. The lowest BCUT2D eigenvalue weighted by molar-refractivity contribution is -0.0455. The second-order valence-electron chi connectivity index (χ2n) is 13.9. The number of aliphatic hydroxyl groups excluding tert-OH is 1. The molecule has 2 aliphatic carbocycles. The van der Waals surface area contributed by atoms with Crippen molar-refractivity contribution in [3.05, 3.63) is 24.0 Å². The zero-order chi connectivity index (χ0) is 26.1. The van der Waals surface area contributed by atoms with Crippen LogP contribution >= 0.6 is 0 Å². The Morgan fingerprint density at radius 1 is 1.12 bits per heavy atom. The second-order valence-corrected chi connectivity index (χ2v) is 18.6. The van der Waals surface area contributed by atoms with Crippen LogP contribution < -0.4 is 0 Å². The summed E-state index contributed by atoms with van der Waals surface area (Å²) in [6, 6.07) is 0. The molecule has 2 rings (SSSR count). The standard InChI is InChI=1S/C29H56O3Si2/c1-13-14-15-16-21(27(3,4)5)18-24(31-33(9)10)25-22-17-20(2)26(30)29(22,32-34(11)12)19-23(25)28(6,7)8/h18,21-23,25-26,30,33-34H,2,13-17,19H2,1,3-12H3/b24-18+/t21-,22-,23+,25+,26?,29-/m0/s1. The SMILES string of the molecule is C=C1C[C@H]2[C@@H](/C(=C\[C@H](CCCCC)C(C)(C)C)O[SiH](C)C)[C@H](C(C)(C)C)C[C@@]2(O[SiH](C)C)C1O. The van der Waals surface area contributed by atoms with Crippen LogP contribution in [-0.2, 0) is 8.85 Å². The van der Waals surface area contributed by atoms with Crippen molar-refractivity contribution in [1.82, 2.24) is 0 Å². The van der Waals surface area contributed by atoms with Crippen molar-refractivity contribution in [3.8, 4) is 0 Å². The highest BCUT2D eigenvalue weighted by Crippen LogP contribution is 2.63. The highest BCUT2D eigenvalue weighted by atomic mass is 28.3. The fourth-order valence-corrected chi connectivity index (χ4v) is 8.58. The van der Waals surface area contributed by atoms with Crippen molar-refractivity contribution in [3.63, 3.8) is 0 Å². The molecule has 0 amide bonds. The van der Waals surface area contributed by atoms with E-state index < -0.39 is 29.8 Å². The molecule has 2 fully saturated rings. The molecular weight excluding hydrogens is 452 g/mol. The van der Waals surface area contributed by atoms with Gasteiger partial charge in [-0.3, -0.25) is 0 Å². The Balaban J connectivity index is 2.63. The molecule has 2 aliphatic rings. The van der Waals surface area contributed by atoms with Crippen LogP contribution in [-0.4, -0.2) is 34.9 Å². The van der Waals surface area contributed by atoms with E-state index in [0.29, 0.717) is 11.8 Å². The van der Waals surface area contributed by atoms with Crippen LogP contribution in [0.25, 0.3) is 0 Å². The van der Waals surface area contributed by atoms with E-state index in [4.69, 9.17) is 8.85 Å². The van der Waals surface area contributed by atoms with Gasteiger partial charge in [0.25, 0.3) is 0 Å². The first-order valence-electron chi connectivity index (χ1n) is 14.0. The Labute approximate surface area is 215 Å². The number of hydrogen-bond acceptors (Lipinski definition) is 3. The predicted octanol–water partition coefficient (Wildman–Crippen LogP) is 7.47. The smallest absolute Gasteiger partial charge is 0.229 e. The highest BCUT2D eigenvalue weighted by Gasteiger charge is 2.65. The van der Waals surface area contributed by atoms with Gasteiger partial charge in [0.05, 0.1) is 11.4 Å². The Morgan fingerprint density at radius 3 is 2.21 bits per heavy atom. The maximum atomic E-state index is 11.4. The number of rotatable bonds is 10. The molecule has 0 aromatic carbocycles. The van der Waals surface area contributed by atoms with E-state index in [1.54, 1.807) is 0 Å². The van der Waals surface area contributed by atoms with Crippen molar-refractivity contribution in [2.75, 3.05) is 0 Å². The van der Waals surface area contributed by atoms with Crippen LogP contribution in [0.1, 0.15) is 87.0 Å². The van der Waals surface area contributed by atoms with Gasteiger partial charge in [-0.1, -0.05) is 74.3 Å². The predicted molar refractivity (Wildman–Crippen MR) is 152 cm³/mol. The van der Waals surface area contributed by atoms with E-state index in [0.717, 1.165) is 18.4 Å². The van der Waals surface area contributed by atoms with Crippen LogP contribution in [0.3, 0.4) is 0 Å². The van der Waals surface area contributed by atoms with Gasteiger partial charge >= 0.3 is 0 Å². The largest absolute Gasteiger partial charge is 0.550 e. The van der Waals surface area contributed by atoms with Gasteiger partial charge < -0.3 is 14.0 Å². The van der Waals surface area contributed by atoms with E-state index in [9.17, 15) is 5.11 Å². The molecule has 0 heterocycles. The average molecular weight is 509 g/mol. The van der Waals surface area contributed by atoms with Crippen molar-refractivity contribution in [1.29, 1.82) is 0 Å². The van der Waals surface area contributed by atoms with Crippen LogP contribution in [0.4, 0.5) is 0 Å². The average Bonchev–Trinajstić information content (AvgIpc) is 3.10. The molecule has 1 N–H and O–H groups in total. The zero-order valence-electron chi connectivity index (χ0n) is 24.3. The Bertz CT molecular complexity index is 716. The Kier molecular flexibility index (Phi) is 9.97. The number of aliphatic hydroxyl groups is 1. The maximum absolute atomic E-state index is 11.4. The van der Waals surface area contributed by atoms with Crippen LogP contribution in [0.5, 0.6) is 0 Å². The molecule has 0 radical (unpaired) electrons. The van der Waals surface area contributed by atoms with E-state index in [1.807, 2.05) is 0 Å². The number of allylic oxidation sites excluding steroid dienone is 2. The molecular formula is C29H56O3Si2. The third-order valence-electron chi connectivity index (χ3n) is 8.23. The van der Waals surface area contributed by atoms with E-state index in [2.05, 4.69) is 87.3 Å². The third kappa shape index (κ3) is 6.69. The van der Waals surface area contributed by atoms with Crippen LogP contribution in [0.15, 0.2) is 24.0 Å². The first-order valence-corrected chi connectivity index (χ1v) is 19.5. The van der Waals surface area contributed by atoms with Gasteiger partial charge in [-0.05, 0) is 79.8 Å². The molecule has 0 bridgehead atoms. The van der Waals surface area contributed by atoms with Gasteiger partial charge in [-0.2, -0.15) is 0 Å². The number of hydrogen-bond donors (Lipinski definition) is 1. The molecule has 0 aromatic rings. The normalized spacial score (nSPS) is 31.5. The molecule has 6 atom stereocenters. The lowest BCUT2D eigenvalue weighted by Gasteiger charge is -2.38. The Morgan fingerprint density at radius 2 is 1.74 bits per heavy atom. The quantitative estimate of drug-likeness (QED) is 0.144. The first-order chi connectivity index (χ1) is 15.5. The lowest BCUT2D eigenvalue weighted by Crippen LogP contribution is -2.47. The van der Waals surface area contributed by atoms with Crippen molar-refractivity contribution in [2.24, 2.45) is 34.5 Å². The van der Waals surface area contributed by atoms with Gasteiger partial charge in [0, 0.05) is 11.8 Å². The summed E-state index contributed by atoms with van der Waals surface area (Å²) in [5.74, 6) is 2.60. The third-order valence-corrected chi connectivity index (χ3v) is 9.88. The van der Waals surface area contributed by atoms with Gasteiger partial charge in [0.15, 0.2) is 9.04 Å². The van der Waals surface area contributed by atoms with Gasteiger partial charge in [-0.25, -0.2) is 0 Å². The molecule has 198 valence electrons. The fraction of sp³-hybridized carbons (Fsp3) is 0.862. The summed E-state index contributed by atoms with van der Waals surface area (Å²) >= 11 is 0. The molecule has 34 heavy (non-hydrogen) atoms. The van der Waals surface area contributed by atoms with Gasteiger partial charge in [0.2, 0.25) is 9.04 Å². The summed E-state index contributed by atoms with van der Waals surface area (Å²) in [7, 11) is -2.69. The van der Waals surface area contributed by atoms with Crippen LogP contribution in [0.2, 0.25) is 26.2 Å². The summed E-state index contributed by atoms with van der Waals surface area (Å²) in [5.41, 5.74) is 0.744. The summed E-state index contributed by atoms with van der Waals surface area (Å²) in [5, 5.41) is 11.4. The van der Waals surface area contributed by atoms with Crippen molar-refractivity contribution >= 4 is 18.1 Å². The molecule has 0 saturated heterocycles. The van der Waals surface area contributed by atoms with Crippen LogP contribution in [0, 0.1) is 34.5 Å². The zero-order valence-corrected chi connectivity index (χ0v) is 26.6. The van der Waals surface area contributed by atoms with E-state index in [1.165, 1.54) is 31.4 Å². The maximum Gasteiger partial charge on any atom is 0.229 e.